The fourth-order valence-corrected chi connectivity index (χ4v) is 3.55. The van der Waals surface area contributed by atoms with Gasteiger partial charge < -0.3 is 10.4 Å². The minimum atomic E-state index is -0.139. The number of rotatable bonds is 8. The number of aliphatic hydroxyl groups excluding tert-OH is 1. The lowest BCUT2D eigenvalue weighted by Crippen LogP contribution is -2.52. The summed E-state index contributed by atoms with van der Waals surface area (Å²) in [4.78, 5) is 2.64. The van der Waals surface area contributed by atoms with Gasteiger partial charge in [0.15, 0.2) is 0 Å². The van der Waals surface area contributed by atoms with Crippen molar-refractivity contribution >= 4 is 0 Å². The normalized spacial score (nSPS) is 22.3. The van der Waals surface area contributed by atoms with Crippen LogP contribution in [0.15, 0.2) is 0 Å². The van der Waals surface area contributed by atoms with Crippen molar-refractivity contribution < 1.29 is 5.11 Å². The summed E-state index contributed by atoms with van der Waals surface area (Å²) in [7, 11) is 0. The van der Waals surface area contributed by atoms with Gasteiger partial charge in [0.05, 0.1) is 6.61 Å². The molecule has 108 valence electrons. The lowest BCUT2D eigenvalue weighted by Gasteiger charge is -2.39. The standard InChI is InChI=1S/C15H32N2O/c1-5-16-15(4,12-18)11-13(3)17(6-2)14-9-7-8-10-14/h13-14,16,18H,5-12H2,1-4H3. The lowest BCUT2D eigenvalue weighted by atomic mass is 9.92. The van der Waals surface area contributed by atoms with Crippen molar-refractivity contribution in [1.82, 2.24) is 10.2 Å². The predicted octanol–water partition coefficient (Wildman–Crippen LogP) is 2.39. The van der Waals surface area contributed by atoms with Gasteiger partial charge in [-0.3, -0.25) is 4.90 Å². The van der Waals surface area contributed by atoms with E-state index < -0.39 is 0 Å². The molecule has 0 saturated heterocycles. The molecule has 0 aromatic heterocycles. The first-order chi connectivity index (χ1) is 8.56. The van der Waals surface area contributed by atoms with Crippen LogP contribution in [0.3, 0.4) is 0 Å². The molecular formula is C15H32N2O. The minimum absolute atomic E-state index is 0.139. The van der Waals surface area contributed by atoms with Crippen molar-refractivity contribution in [2.24, 2.45) is 0 Å². The average molecular weight is 256 g/mol. The smallest absolute Gasteiger partial charge is 0.0611 e. The SMILES string of the molecule is CCNC(C)(CO)CC(C)N(CC)C1CCCC1. The Labute approximate surface area is 113 Å². The quantitative estimate of drug-likeness (QED) is 0.700. The molecule has 2 atom stereocenters. The van der Waals surface area contributed by atoms with E-state index in [0.29, 0.717) is 6.04 Å². The summed E-state index contributed by atoms with van der Waals surface area (Å²) < 4.78 is 0. The summed E-state index contributed by atoms with van der Waals surface area (Å²) in [5.41, 5.74) is -0.139. The van der Waals surface area contributed by atoms with Crippen LogP contribution in [0, 0.1) is 0 Å². The Morgan fingerprint density at radius 3 is 2.39 bits per heavy atom. The number of nitrogens with one attached hydrogen (secondary N) is 1. The van der Waals surface area contributed by atoms with E-state index in [1.807, 2.05) is 0 Å². The Balaban J connectivity index is 2.57. The molecule has 0 spiro atoms. The van der Waals surface area contributed by atoms with Gasteiger partial charge in [0.25, 0.3) is 0 Å². The highest BCUT2D eigenvalue weighted by molar-refractivity contribution is 4.89. The van der Waals surface area contributed by atoms with E-state index in [4.69, 9.17) is 0 Å². The first kappa shape index (κ1) is 15.9. The average Bonchev–Trinajstić information content (AvgIpc) is 2.84. The molecular weight excluding hydrogens is 224 g/mol. The summed E-state index contributed by atoms with van der Waals surface area (Å²) in [5.74, 6) is 0. The second kappa shape index (κ2) is 7.46. The van der Waals surface area contributed by atoms with Gasteiger partial charge in [-0.1, -0.05) is 26.7 Å². The zero-order valence-electron chi connectivity index (χ0n) is 12.7. The van der Waals surface area contributed by atoms with Crippen LogP contribution in [0.1, 0.15) is 59.8 Å². The van der Waals surface area contributed by atoms with Crippen LogP contribution >= 0.6 is 0 Å². The molecule has 3 nitrogen and oxygen atoms in total. The molecule has 1 saturated carbocycles. The molecule has 0 aromatic carbocycles. The van der Waals surface area contributed by atoms with Gasteiger partial charge >= 0.3 is 0 Å². The molecule has 2 unspecified atom stereocenters. The molecule has 1 aliphatic rings. The number of hydrogen-bond donors (Lipinski definition) is 2. The minimum Gasteiger partial charge on any atom is -0.394 e. The van der Waals surface area contributed by atoms with Crippen molar-refractivity contribution in [1.29, 1.82) is 0 Å². The molecule has 1 aliphatic carbocycles. The zero-order chi connectivity index (χ0) is 13.6. The predicted molar refractivity (Wildman–Crippen MR) is 77.9 cm³/mol. The summed E-state index contributed by atoms with van der Waals surface area (Å²) >= 11 is 0. The molecule has 18 heavy (non-hydrogen) atoms. The molecule has 1 fully saturated rings. The highest BCUT2D eigenvalue weighted by atomic mass is 16.3. The molecule has 0 amide bonds. The van der Waals surface area contributed by atoms with E-state index in [0.717, 1.165) is 25.6 Å². The van der Waals surface area contributed by atoms with Gasteiger partial charge in [0.1, 0.15) is 0 Å². The van der Waals surface area contributed by atoms with Crippen LogP contribution in [0.4, 0.5) is 0 Å². The van der Waals surface area contributed by atoms with Crippen molar-refractivity contribution in [3.8, 4) is 0 Å². The van der Waals surface area contributed by atoms with E-state index in [1.165, 1.54) is 25.7 Å². The maximum Gasteiger partial charge on any atom is 0.0611 e. The summed E-state index contributed by atoms with van der Waals surface area (Å²) in [6.45, 7) is 11.1. The fourth-order valence-electron chi connectivity index (χ4n) is 3.55. The topological polar surface area (TPSA) is 35.5 Å². The second-order valence-corrected chi connectivity index (χ2v) is 6.07. The Bertz CT molecular complexity index is 229. The van der Waals surface area contributed by atoms with Crippen molar-refractivity contribution in [2.75, 3.05) is 19.7 Å². The fraction of sp³-hybridized carbons (Fsp3) is 1.00. The van der Waals surface area contributed by atoms with Crippen LogP contribution in [0.25, 0.3) is 0 Å². The van der Waals surface area contributed by atoms with Gasteiger partial charge in [-0.2, -0.15) is 0 Å². The molecule has 0 aromatic rings. The molecule has 0 radical (unpaired) electrons. The summed E-state index contributed by atoms with van der Waals surface area (Å²) in [6, 6.07) is 1.31. The maximum atomic E-state index is 9.60. The lowest BCUT2D eigenvalue weighted by molar-refractivity contribution is 0.0932. The molecule has 1 rings (SSSR count). The number of nitrogens with zero attached hydrogens (tertiary/aromatic N) is 1. The van der Waals surface area contributed by atoms with Gasteiger partial charge in [-0.15, -0.1) is 0 Å². The van der Waals surface area contributed by atoms with Crippen molar-refractivity contribution in [3.05, 3.63) is 0 Å². The molecule has 0 heterocycles. The largest absolute Gasteiger partial charge is 0.394 e. The molecule has 2 N–H and O–H groups in total. The van der Waals surface area contributed by atoms with Gasteiger partial charge in [0, 0.05) is 17.6 Å². The number of hydrogen-bond acceptors (Lipinski definition) is 3. The van der Waals surface area contributed by atoms with Crippen LogP contribution < -0.4 is 5.32 Å². The van der Waals surface area contributed by atoms with Crippen LogP contribution in [-0.4, -0.2) is 47.3 Å². The summed E-state index contributed by atoms with van der Waals surface area (Å²) in [6.07, 6.45) is 6.50. The highest BCUT2D eigenvalue weighted by Gasteiger charge is 2.31. The van der Waals surface area contributed by atoms with Gasteiger partial charge in [-0.05, 0) is 46.2 Å². The van der Waals surface area contributed by atoms with Crippen LogP contribution in [0.5, 0.6) is 0 Å². The maximum absolute atomic E-state index is 9.60. The Morgan fingerprint density at radius 2 is 1.94 bits per heavy atom. The third-order valence-electron chi connectivity index (χ3n) is 4.42. The first-order valence-corrected chi connectivity index (χ1v) is 7.68. The Hall–Kier alpha value is -0.120. The van der Waals surface area contributed by atoms with E-state index in [9.17, 15) is 5.11 Å². The summed E-state index contributed by atoms with van der Waals surface area (Å²) in [5, 5.41) is 13.0. The molecule has 3 heteroatoms. The third-order valence-corrected chi connectivity index (χ3v) is 4.42. The van der Waals surface area contributed by atoms with Crippen molar-refractivity contribution in [2.45, 2.75) is 77.4 Å². The highest BCUT2D eigenvalue weighted by Crippen LogP contribution is 2.27. The molecule has 0 aliphatic heterocycles. The van der Waals surface area contributed by atoms with Gasteiger partial charge in [-0.25, -0.2) is 0 Å². The van der Waals surface area contributed by atoms with Gasteiger partial charge in [0.2, 0.25) is 0 Å². The third kappa shape index (κ3) is 4.22. The van der Waals surface area contributed by atoms with E-state index in [-0.39, 0.29) is 12.1 Å². The van der Waals surface area contributed by atoms with Crippen molar-refractivity contribution in [3.63, 3.8) is 0 Å². The van der Waals surface area contributed by atoms with Crippen LogP contribution in [0.2, 0.25) is 0 Å². The first-order valence-electron chi connectivity index (χ1n) is 7.68. The van der Waals surface area contributed by atoms with E-state index >= 15 is 0 Å². The number of likely N-dealkylation sites (N-methyl/N-ethyl adjacent to an activating group) is 1. The van der Waals surface area contributed by atoms with Crippen LogP contribution in [-0.2, 0) is 0 Å². The zero-order valence-corrected chi connectivity index (χ0v) is 12.7. The molecule has 0 bridgehead atoms. The second-order valence-electron chi connectivity index (χ2n) is 6.07. The van der Waals surface area contributed by atoms with E-state index in [1.54, 1.807) is 0 Å². The Morgan fingerprint density at radius 1 is 1.33 bits per heavy atom. The number of aliphatic hydroxyl groups is 1. The van der Waals surface area contributed by atoms with E-state index in [2.05, 4.69) is 37.9 Å². The monoisotopic (exact) mass is 256 g/mol. The Kier molecular flexibility index (Phi) is 6.61.